The molecule has 118 valence electrons. The van der Waals surface area contributed by atoms with Crippen LogP contribution in [0.1, 0.15) is 39.5 Å². The first-order chi connectivity index (χ1) is 10.1. The highest BCUT2D eigenvalue weighted by Crippen LogP contribution is 2.06. The van der Waals surface area contributed by atoms with Gasteiger partial charge < -0.3 is 5.32 Å². The van der Waals surface area contributed by atoms with Crippen LogP contribution in [0.25, 0.3) is 0 Å². The Hall–Kier alpha value is -1.56. The minimum Gasteiger partial charge on any atom is -0.356 e. The van der Waals surface area contributed by atoms with Crippen LogP contribution >= 0.6 is 0 Å². The van der Waals surface area contributed by atoms with Crippen molar-refractivity contribution in [1.82, 2.24) is 10.0 Å². The lowest BCUT2D eigenvalue weighted by Crippen LogP contribution is -2.41. The number of benzene rings is 1. The average Bonchev–Trinajstić information content (AvgIpc) is 2.48. The summed E-state index contributed by atoms with van der Waals surface area (Å²) in [4.78, 5) is 4.55. The Morgan fingerprint density at radius 2 is 1.76 bits per heavy atom. The van der Waals surface area contributed by atoms with Crippen LogP contribution in [0.5, 0.6) is 0 Å². The van der Waals surface area contributed by atoms with Crippen LogP contribution in [-0.4, -0.2) is 27.5 Å². The fraction of sp³-hybridized carbons (Fsp3) is 0.533. The highest BCUT2D eigenvalue weighted by atomic mass is 32.2. The molecule has 1 aromatic rings. The first-order valence-corrected chi connectivity index (χ1v) is 8.94. The smallest absolute Gasteiger partial charge is 0.264 e. The Kier molecular flexibility index (Phi) is 7.82. The molecule has 6 heteroatoms. The third-order valence-electron chi connectivity index (χ3n) is 2.89. The molecule has 0 aliphatic rings. The summed E-state index contributed by atoms with van der Waals surface area (Å²) in [5.41, 5.74) is 0. The predicted molar refractivity (Wildman–Crippen MR) is 86.9 cm³/mol. The maximum Gasteiger partial charge on any atom is 0.264 e. The van der Waals surface area contributed by atoms with Crippen LogP contribution < -0.4 is 10.0 Å². The molecule has 1 aromatic carbocycles. The van der Waals surface area contributed by atoms with E-state index >= 15 is 0 Å². The summed E-state index contributed by atoms with van der Waals surface area (Å²) in [5.74, 6) is 0.334. The monoisotopic (exact) mass is 311 g/mol. The molecule has 0 unspecified atom stereocenters. The van der Waals surface area contributed by atoms with Gasteiger partial charge >= 0.3 is 0 Å². The topological polar surface area (TPSA) is 70.6 Å². The van der Waals surface area contributed by atoms with E-state index in [9.17, 15) is 8.42 Å². The molecule has 21 heavy (non-hydrogen) atoms. The fourth-order valence-corrected chi connectivity index (χ4v) is 2.67. The molecule has 0 fully saturated rings. The van der Waals surface area contributed by atoms with Crippen LogP contribution in [-0.2, 0) is 10.0 Å². The van der Waals surface area contributed by atoms with E-state index in [4.69, 9.17) is 0 Å². The molecular weight excluding hydrogens is 286 g/mol. The molecule has 0 aliphatic heterocycles. The van der Waals surface area contributed by atoms with Crippen LogP contribution in [0.3, 0.4) is 0 Å². The SMILES string of the molecule is CCCCN=C(NCCCC)NS(=O)(=O)c1ccccc1. The molecule has 2 N–H and O–H groups in total. The third-order valence-corrected chi connectivity index (χ3v) is 4.24. The summed E-state index contributed by atoms with van der Waals surface area (Å²) in [6.45, 7) is 5.48. The van der Waals surface area contributed by atoms with Crippen LogP contribution in [0.2, 0.25) is 0 Å². The van der Waals surface area contributed by atoms with E-state index in [-0.39, 0.29) is 4.90 Å². The Morgan fingerprint density at radius 1 is 1.10 bits per heavy atom. The van der Waals surface area contributed by atoms with Crippen molar-refractivity contribution in [3.8, 4) is 0 Å². The van der Waals surface area contributed by atoms with Crippen molar-refractivity contribution in [3.63, 3.8) is 0 Å². The fourth-order valence-electron chi connectivity index (χ4n) is 1.64. The van der Waals surface area contributed by atoms with Gasteiger partial charge in [0, 0.05) is 13.1 Å². The number of aliphatic imine (C=N–C) groups is 1. The van der Waals surface area contributed by atoms with E-state index in [1.54, 1.807) is 30.3 Å². The van der Waals surface area contributed by atoms with Crippen molar-refractivity contribution in [3.05, 3.63) is 30.3 Å². The first-order valence-electron chi connectivity index (χ1n) is 7.46. The second-order valence-electron chi connectivity index (χ2n) is 4.78. The van der Waals surface area contributed by atoms with Crippen molar-refractivity contribution in [2.24, 2.45) is 4.99 Å². The minimum atomic E-state index is -3.58. The van der Waals surface area contributed by atoms with E-state index in [0.717, 1.165) is 25.7 Å². The summed E-state index contributed by atoms with van der Waals surface area (Å²) in [6, 6.07) is 8.32. The van der Waals surface area contributed by atoms with Crippen molar-refractivity contribution >= 4 is 16.0 Å². The first kappa shape index (κ1) is 17.5. The number of rotatable bonds is 8. The highest BCUT2D eigenvalue weighted by molar-refractivity contribution is 7.90. The van der Waals surface area contributed by atoms with Crippen molar-refractivity contribution in [1.29, 1.82) is 0 Å². The van der Waals surface area contributed by atoms with E-state index in [1.807, 2.05) is 0 Å². The van der Waals surface area contributed by atoms with Crippen molar-refractivity contribution < 1.29 is 8.42 Å². The molecule has 0 atom stereocenters. The minimum absolute atomic E-state index is 0.241. The van der Waals surface area contributed by atoms with Gasteiger partial charge in [0.05, 0.1) is 4.90 Å². The van der Waals surface area contributed by atoms with Gasteiger partial charge in [-0.05, 0) is 25.0 Å². The summed E-state index contributed by atoms with van der Waals surface area (Å²) in [6.07, 6.45) is 3.98. The Morgan fingerprint density at radius 3 is 2.38 bits per heavy atom. The second-order valence-corrected chi connectivity index (χ2v) is 6.47. The van der Waals surface area contributed by atoms with Crippen LogP contribution in [0.15, 0.2) is 40.2 Å². The average molecular weight is 311 g/mol. The summed E-state index contributed by atoms with van der Waals surface area (Å²) in [5, 5.41) is 3.07. The number of sulfonamides is 1. The van der Waals surface area contributed by atoms with Gasteiger partial charge in [-0.25, -0.2) is 13.1 Å². The third kappa shape index (κ3) is 6.62. The molecule has 1 rings (SSSR count). The van der Waals surface area contributed by atoms with E-state index in [2.05, 4.69) is 28.9 Å². The lowest BCUT2D eigenvalue weighted by atomic mass is 10.3. The summed E-state index contributed by atoms with van der Waals surface area (Å²) >= 11 is 0. The number of guanidine groups is 1. The van der Waals surface area contributed by atoms with Crippen molar-refractivity contribution in [2.75, 3.05) is 13.1 Å². The molecular formula is C15H25N3O2S. The van der Waals surface area contributed by atoms with E-state index < -0.39 is 10.0 Å². The van der Waals surface area contributed by atoms with Gasteiger partial charge in [-0.1, -0.05) is 44.9 Å². The van der Waals surface area contributed by atoms with Gasteiger partial charge in [0.25, 0.3) is 10.0 Å². The van der Waals surface area contributed by atoms with Crippen LogP contribution in [0.4, 0.5) is 0 Å². The molecule has 0 saturated carbocycles. The van der Waals surface area contributed by atoms with Gasteiger partial charge in [0.2, 0.25) is 5.96 Å². The Balaban J connectivity index is 2.76. The normalized spacial score (nSPS) is 12.2. The number of unbranched alkanes of at least 4 members (excludes halogenated alkanes) is 2. The molecule has 0 radical (unpaired) electrons. The van der Waals surface area contributed by atoms with Gasteiger partial charge in [-0.3, -0.25) is 4.99 Å². The second kappa shape index (κ2) is 9.39. The quantitative estimate of drug-likeness (QED) is 0.440. The molecule has 0 heterocycles. The van der Waals surface area contributed by atoms with Crippen LogP contribution in [0, 0.1) is 0 Å². The van der Waals surface area contributed by atoms with Gasteiger partial charge in [0.1, 0.15) is 0 Å². The maximum absolute atomic E-state index is 12.3. The molecule has 0 spiro atoms. The summed E-state index contributed by atoms with van der Waals surface area (Å²) < 4.78 is 27.1. The number of nitrogens with one attached hydrogen (secondary N) is 2. The zero-order valence-corrected chi connectivity index (χ0v) is 13.6. The van der Waals surface area contributed by atoms with Gasteiger partial charge in [-0.2, -0.15) is 0 Å². The van der Waals surface area contributed by atoms with Gasteiger partial charge in [0.15, 0.2) is 0 Å². The molecule has 0 aromatic heterocycles. The zero-order valence-electron chi connectivity index (χ0n) is 12.8. The Labute approximate surface area is 127 Å². The maximum atomic E-state index is 12.3. The number of nitrogens with zero attached hydrogens (tertiary/aromatic N) is 1. The van der Waals surface area contributed by atoms with Crippen molar-refractivity contribution in [2.45, 2.75) is 44.4 Å². The van der Waals surface area contributed by atoms with E-state index in [1.165, 1.54) is 0 Å². The lowest BCUT2D eigenvalue weighted by Gasteiger charge is -2.12. The predicted octanol–water partition coefficient (Wildman–Crippen LogP) is 2.51. The number of hydrogen-bond acceptors (Lipinski definition) is 3. The van der Waals surface area contributed by atoms with Gasteiger partial charge in [-0.15, -0.1) is 0 Å². The molecule has 0 aliphatic carbocycles. The number of hydrogen-bond donors (Lipinski definition) is 2. The molecule has 5 nitrogen and oxygen atoms in total. The van der Waals surface area contributed by atoms with E-state index in [0.29, 0.717) is 19.0 Å². The zero-order chi connectivity index (χ0) is 15.6. The molecule has 0 bridgehead atoms. The lowest BCUT2D eigenvalue weighted by molar-refractivity contribution is 0.591. The standard InChI is InChI=1S/C15H25N3O2S/c1-3-5-12-16-15(17-13-6-4-2)18-21(19,20)14-10-8-7-9-11-14/h7-11H,3-6,12-13H2,1-2H3,(H2,16,17,18). The largest absolute Gasteiger partial charge is 0.356 e. The molecule has 0 saturated heterocycles. The Bertz CT molecular complexity index is 527. The summed E-state index contributed by atoms with van der Waals surface area (Å²) in [7, 11) is -3.58. The molecule has 0 amide bonds. The highest BCUT2D eigenvalue weighted by Gasteiger charge is 2.15.